The number of rotatable bonds is 1. The standard InChI is InChI=1S/C10H4F4N2O2/c11-9-6-3-5(10(12,13)14)1-2-7(6)15-4-8(9)16(17)18/h1-4H. The number of pyridine rings is 1. The largest absolute Gasteiger partial charge is 0.416 e. The Morgan fingerprint density at radius 2 is 1.94 bits per heavy atom. The highest BCUT2D eigenvalue weighted by Crippen LogP contribution is 2.33. The van der Waals surface area contributed by atoms with Crippen LogP contribution in [0.15, 0.2) is 24.4 Å². The highest BCUT2D eigenvalue weighted by molar-refractivity contribution is 5.82. The molecular formula is C10H4F4N2O2. The number of nitrogens with zero attached hydrogens (tertiary/aromatic N) is 2. The maximum atomic E-state index is 13.6. The quantitative estimate of drug-likeness (QED) is 0.449. The van der Waals surface area contributed by atoms with Crippen molar-refractivity contribution in [3.63, 3.8) is 0 Å². The predicted octanol–water partition coefficient (Wildman–Crippen LogP) is 3.30. The monoisotopic (exact) mass is 260 g/mol. The van der Waals surface area contributed by atoms with Crippen molar-refractivity contribution in [1.82, 2.24) is 4.98 Å². The number of aromatic nitrogens is 1. The molecule has 0 aliphatic heterocycles. The maximum Gasteiger partial charge on any atom is 0.416 e. The fraction of sp³-hybridized carbons (Fsp3) is 0.100. The summed E-state index contributed by atoms with van der Waals surface area (Å²) in [5.41, 5.74) is -2.12. The van der Waals surface area contributed by atoms with E-state index in [2.05, 4.69) is 4.98 Å². The van der Waals surface area contributed by atoms with Crippen molar-refractivity contribution in [2.24, 2.45) is 0 Å². The van der Waals surface area contributed by atoms with Gasteiger partial charge in [0.25, 0.3) is 0 Å². The Morgan fingerprint density at radius 3 is 2.50 bits per heavy atom. The Bertz CT molecular complexity index is 640. The van der Waals surface area contributed by atoms with Gasteiger partial charge in [-0.15, -0.1) is 0 Å². The molecule has 2 rings (SSSR count). The van der Waals surface area contributed by atoms with Crippen LogP contribution in [0.4, 0.5) is 23.2 Å². The third kappa shape index (κ3) is 1.96. The zero-order valence-electron chi connectivity index (χ0n) is 8.53. The summed E-state index contributed by atoms with van der Waals surface area (Å²) in [4.78, 5) is 12.9. The summed E-state index contributed by atoms with van der Waals surface area (Å²) in [6.07, 6.45) is -3.98. The molecule has 0 atom stereocenters. The molecule has 1 aromatic heterocycles. The molecule has 1 heterocycles. The molecule has 0 N–H and O–H groups in total. The number of benzene rings is 1. The van der Waals surface area contributed by atoms with E-state index in [4.69, 9.17) is 0 Å². The lowest BCUT2D eigenvalue weighted by molar-refractivity contribution is -0.387. The lowest BCUT2D eigenvalue weighted by Gasteiger charge is -2.07. The molecule has 0 saturated heterocycles. The number of halogens is 4. The molecule has 0 fully saturated rings. The fourth-order valence-corrected chi connectivity index (χ4v) is 1.45. The smallest absolute Gasteiger partial charge is 0.258 e. The summed E-state index contributed by atoms with van der Waals surface area (Å²) in [5, 5.41) is 9.92. The second-order valence-corrected chi connectivity index (χ2v) is 3.44. The first-order valence-electron chi connectivity index (χ1n) is 4.60. The molecule has 18 heavy (non-hydrogen) atoms. The van der Waals surface area contributed by atoms with Crippen LogP contribution in [0.25, 0.3) is 10.9 Å². The van der Waals surface area contributed by atoms with Crippen LogP contribution in [0.1, 0.15) is 5.56 Å². The average Bonchev–Trinajstić information content (AvgIpc) is 2.27. The molecule has 0 bridgehead atoms. The first-order valence-corrected chi connectivity index (χ1v) is 4.60. The SMILES string of the molecule is O=[N+]([O-])c1cnc2ccc(C(F)(F)F)cc2c1F. The van der Waals surface area contributed by atoms with Crippen LogP contribution in [0.5, 0.6) is 0 Å². The molecule has 0 aliphatic rings. The minimum absolute atomic E-state index is 0.0777. The van der Waals surface area contributed by atoms with Crippen LogP contribution in [0.2, 0.25) is 0 Å². The lowest BCUT2D eigenvalue weighted by atomic mass is 10.1. The van der Waals surface area contributed by atoms with E-state index in [1.807, 2.05) is 0 Å². The number of fused-ring (bicyclic) bond motifs is 1. The van der Waals surface area contributed by atoms with Crippen LogP contribution in [-0.2, 0) is 6.18 Å². The average molecular weight is 260 g/mol. The summed E-state index contributed by atoms with van der Waals surface area (Å²) in [6.45, 7) is 0. The van der Waals surface area contributed by atoms with Gasteiger partial charge >= 0.3 is 11.9 Å². The summed E-state index contributed by atoms with van der Waals surface area (Å²) >= 11 is 0. The van der Waals surface area contributed by atoms with Gasteiger partial charge < -0.3 is 0 Å². The summed E-state index contributed by atoms with van der Waals surface area (Å²) in [6, 6.07) is 2.20. The fourth-order valence-electron chi connectivity index (χ4n) is 1.45. The van der Waals surface area contributed by atoms with E-state index >= 15 is 0 Å². The normalized spacial score (nSPS) is 11.8. The predicted molar refractivity (Wildman–Crippen MR) is 53.4 cm³/mol. The molecule has 0 radical (unpaired) electrons. The van der Waals surface area contributed by atoms with E-state index in [-0.39, 0.29) is 5.52 Å². The highest BCUT2D eigenvalue weighted by atomic mass is 19.4. The van der Waals surface area contributed by atoms with Gasteiger partial charge in [0.1, 0.15) is 6.20 Å². The van der Waals surface area contributed by atoms with Crippen molar-refractivity contribution in [2.45, 2.75) is 6.18 Å². The summed E-state index contributed by atoms with van der Waals surface area (Å²) < 4.78 is 50.9. The van der Waals surface area contributed by atoms with Crippen molar-refractivity contribution in [3.8, 4) is 0 Å². The van der Waals surface area contributed by atoms with E-state index in [1.54, 1.807) is 0 Å². The third-order valence-electron chi connectivity index (χ3n) is 2.31. The Morgan fingerprint density at radius 1 is 1.28 bits per heavy atom. The van der Waals surface area contributed by atoms with Gasteiger partial charge in [0.15, 0.2) is 0 Å². The molecule has 94 valence electrons. The molecular weight excluding hydrogens is 256 g/mol. The Hall–Kier alpha value is -2.25. The van der Waals surface area contributed by atoms with E-state index < -0.39 is 33.6 Å². The first-order chi connectivity index (χ1) is 8.30. The molecule has 0 unspecified atom stereocenters. The van der Waals surface area contributed by atoms with E-state index in [0.29, 0.717) is 12.3 Å². The molecule has 4 nitrogen and oxygen atoms in total. The van der Waals surface area contributed by atoms with E-state index in [0.717, 1.165) is 12.1 Å². The van der Waals surface area contributed by atoms with Gasteiger partial charge in [0.05, 0.1) is 16.0 Å². The van der Waals surface area contributed by atoms with Gasteiger partial charge in [-0.3, -0.25) is 10.1 Å². The van der Waals surface area contributed by atoms with Crippen molar-refractivity contribution >= 4 is 16.6 Å². The topological polar surface area (TPSA) is 56.0 Å². The summed E-state index contributed by atoms with van der Waals surface area (Å²) in [7, 11) is 0. The molecule has 0 amide bonds. The van der Waals surface area contributed by atoms with Gasteiger partial charge in [-0.05, 0) is 18.2 Å². The van der Waals surface area contributed by atoms with Crippen LogP contribution >= 0.6 is 0 Å². The zero-order valence-corrected chi connectivity index (χ0v) is 8.53. The van der Waals surface area contributed by atoms with Crippen LogP contribution < -0.4 is 0 Å². The molecule has 2 aromatic rings. The molecule has 8 heteroatoms. The Labute approximate surface area is 97.0 Å². The number of nitro groups is 1. The van der Waals surface area contributed by atoms with Gasteiger partial charge in [0.2, 0.25) is 5.82 Å². The maximum absolute atomic E-state index is 13.6. The van der Waals surface area contributed by atoms with E-state index in [9.17, 15) is 27.7 Å². The van der Waals surface area contributed by atoms with Crippen molar-refractivity contribution < 1.29 is 22.5 Å². The molecule has 1 aromatic carbocycles. The highest BCUT2D eigenvalue weighted by Gasteiger charge is 2.31. The molecule has 0 spiro atoms. The number of alkyl halides is 3. The van der Waals surface area contributed by atoms with Crippen molar-refractivity contribution in [2.75, 3.05) is 0 Å². The minimum atomic E-state index is -4.65. The second-order valence-electron chi connectivity index (χ2n) is 3.44. The minimum Gasteiger partial charge on any atom is -0.258 e. The van der Waals surface area contributed by atoms with Crippen LogP contribution in [0, 0.1) is 15.9 Å². The summed E-state index contributed by atoms with van der Waals surface area (Å²) in [5.74, 6) is -1.32. The van der Waals surface area contributed by atoms with Crippen LogP contribution in [0.3, 0.4) is 0 Å². The first kappa shape index (κ1) is 12.2. The molecule has 0 aliphatic carbocycles. The second kappa shape index (κ2) is 3.90. The zero-order chi connectivity index (χ0) is 13.5. The Balaban J connectivity index is 2.75. The van der Waals surface area contributed by atoms with Crippen molar-refractivity contribution in [3.05, 3.63) is 45.9 Å². The van der Waals surface area contributed by atoms with Gasteiger partial charge in [-0.25, -0.2) is 4.98 Å². The lowest BCUT2D eigenvalue weighted by Crippen LogP contribution is -2.05. The Kier molecular flexibility index (Phi) is 2.64. The van der Waals surface area contributed by atoms with Crippen molar-refractivity contribution in [1.29, 1.82) is 0 Å². The number of hydrogen-bond acceptors (Lipinski definition) is 3. The third-order valence-corrected chi connectivity index (χ3v) is 2.31. The van der Waals surface area contributed by atoms with Crippen LogP contribution in [-0.4, -0.2) is 9.91 Å². The van der Waals surface area contributed by atoms with Gasteiger partial charge in [-0.1, -0.05) is 0 Å². The van der Waals surface area contributed by atoms with Gasteiger partial charge in [-0.2, -0.15) is 17.6 Å². The van der Waals surface area contributed by atoms with E-state index in [1.165, 1.54) is 0 Å². The van der Waals surface area contributed by atoms with Gasteiger partial charge in [0, 0.05) is 5.39 Å². The molecule has 0 saturated carbocycles. The number of hydrogen-bond donors (Lipinski definition) is 0.